The lowest BCUT2D eigenvalue weighted by molar-refractivity contribution is 0.265. The predicted molar refractivity (Wildman–Crippen MR) is 89.3 cm³/mol. The summed E-state index contributed by atoms with van der Waals surface area (Å²) in [5.41, 5.74) is 7.67. The third-order valence-corrected chi connectivity index (χ3v) is 5.25. The van der Waals surface area contributed by atoms with Crippen molar-refractivity contribution in [2.45, 2.75) is 57.0 Å². The van der Waals surface area contributed by atoms with Crippen molar-refractivity contribution in [1.82, 2.24) is 19.5 Å². The van der Waals surface area contributed by atoms with E-state index in [0.717, 1.165) is 25.0 Å². The molecule has 1 saturated heterocycles. The van der Waals surface area contributed by atoms with Gasteiger partial charge in [-0.25, -0.2) is 4.98 Å². The third-order valence-electron chi connectivity index (χ3n) is 5.25. The van der Waals surface area contributed by atoms with Crippen LogP contribution in [0, 0.1) is 0 Å². The summed E-state index contributed by atoms with van der Waals surface area (Å²) in [6, 6.07) is 0.556. The zero-order valence-electron chi connectivity index (χ0n) is 13.4. The molecule has 124 valence electrons. The molecule has 2 aliphatic rings. The Labute approximate surface area is 135 Å². The molecule has 23 heavy (non-hydrogen) atoms. The average molecular weight is 316 g/mol. The van der Waals surface area contributed by atoms with E-state index in [2.05, 4.69) is 19.4 Å². The van der Waals surface area contributed by atoms with Crippen LogP contribution in [-0.2, 0) is 0 Å². The zero-order valence-corrected chi connectivity index (χ0v) is 13.4. The molecule has 0 radical (unpaired) electrons. The van der Waals surface area contributed by atoms with Crippen LogP contribution in [0.3, 0.4) is 0 Å². The van der Waals surface area contributed by atoms with Crippen molar-refractivity contribution in [1.29, 1.82) is 0 Å². The van der Waals surface area contributed by atoms with Crippen molar-refractivity contribution in [3.05, 3.63) is 6.33 Å². The summed E-state index contributed by atoms with van der Waals surface area (Å²) in [5.74, 6) is 1.06. The first-order valence-electron chi connectivity index (χ1n) is 8.65. The maximum absolute atomic E-state index is 9.55. The molecule has 7 heteroatoms. The molecular formula is C16H24N6O. The van der Waals surface area contributed by atoms with Crippen molar-refractivity contribution < 1.29 is 5.11 Å². The molecule has 4 rings (SSSR count). The third kappa shape index (κ3) is 2.52. The topological polar surface area (TPSA) is 93.1 Å². The fourth-order valence-corrected chi connectivity index (χ4v) is 3.97. The predicted octanol–water partition coefficient (Wildman–Crippen LogP) is 1.87. The highest BCUT2D eigenvalue weighted by molar-refractivity contribution is 5.83. The van der Waals surface area contributed by atoms with Gasteiger partial charge in [-0.1, -0.05) is 19.3 Å². The van der Waals surface area contributed by atoms with Gasteiger partial charge in [0.1, 0.15) is 5.52 Å². The number of nitrogens with two attached hydrogens (primary N) is 1. The van der Waals surface area contributed by atoms with Crippen molar-refractivity contribution in [3.63, 3.8) is 0 Å². The number of hydrogen-bond acceptors (Lipinski definition) is 6. The van der Waals surface area contributed by atoms with Crippen LogP contribution in [0.15, 0.2) is 6.33 Å². The van der Waals surface area contributed by atoms with Crippen LogP contribution in [0.5, 0.6) is 0 Å². The molecule has 2 aromatic heterocycles. The summed E-state index contributed by atoms with van der Waals surface area (Å²) in [4.78, 5) is 15.7. The van der Waals surface area contributed by atoms with Crippen LogP contribution in [0.2, 0.25) is 0 Å². The van der Waals surface area contributed by atoms with Gasteiger partial charge in [0.05, 0.1) is 19.0 Å². The minimum Gasteiger partial charge on any atom is -0.394 e. The molecule has 1 atom stereocenters. The largest absolute Gasteiger partial charge is 0.394 e. The van der Waals surface area contributed by atoms with Crippen LogP contribution in [0.25, 0.3) is 11.2 Å². The maximum atomic E-state index is 9.55. The van der Waals surface area contributed by atoms with E-state index < -0.39 is 0 Å². The van der Waals surface area contributed by atoms with Gasteiger partial charge in [-0.15, -0.1) is 0 Å². The molecule has 1 saturated carbocycles. The van der Waals surface area contributed by atoms with E-state index in [4.69, 9.17) is 10.7 Å². The minimum absolute atomic E-state index is 0.0953. The van der Waals surface area contributed by atoms with Gasteiger partial charge in [-0.3, -0.25) is 0 Å². The number of nitrogens with zero attached hydrogens (tertiary/aromatic N) is 5. The minimum atomic E-state index is 0.0953. The monoisotopic (exact) mass is 316 g/mol. The molecule has 3 heterocycles. The molecular weight excluding hydrogens is 292 g/mol. The van der Waals surface area contributed by atoms with Gasteiger partial charge < -0.3 is 20.3 Å². The van der Waals surface area contributed by atoms with Gasteiger partial charge >= 0.3 is 0 Å². The zero-order chi connectivity index (χ0) is 15.8. The molecule has 0 bridgehead atoms. The van der Waals surface area contributed by atoms with Gasteiger partial charge in [-0.05, 0) is 25.7 Å². The van der Waals surface area contributed by atoms with Crippen molar-refractivity contribution in [3.8, 4) is 0 Å². The van der Waals surface area contributed by atoms with Crippen molar-refractivity contribution in [2.24, 2.45) is 0 Å². The molecule has 1 aliphatic heterocycles. The number of fused-ring (bicyclic) bond motifs is 1. The lowest BCUT2D eigenvalue weighted by atomic mass is 9.95. The standard InChI is InChI=1S/C16H24N6O/c17-14-13-15(22(10-18-13)11-5-2-1-3-6-11)20-16(19-14)21-8-4-7-12(21)9-23/h10-12,23H,1-9H2,(H2,17,19,20). The normalized spacial score (nSPS) is 23.0. The lowest BCUT2D eigenvalue weighted by Crippen LogP contribution is -2.33. The van der Waals surface area contributed by atoms with Crippen LogP contribution in [-0.4, -0.2) is 43.8 Å². The van der Waals surface area contributed by atoms with Crippen molar-refractivity contribution in [2.75, 3.05) is 23.8 Å². The Morgan fingerprint density at radius 3 is 2.74 bits per heavy atom. The molecule has 2 aromatic rings. The van der Waals surface area contributed by atoms with Crippen molar-refractivity contribution >= 4 is 22.9 Å². The van der Waals surface area contributed by atoms with Gasteiger partial charge in [0.2, 0.25) is 5.95 Å². The Morgan fingerprint density at radius 1 is 1.13 bits per heavy atom. The number of aliphatic hydroxyl groups is 1. The Morgan fingerprint density at radius 2 is 1.96 bits per heavy atom. The lowest BCUT2D eigenvalue weighted by Gasteiger charge is -2.25. The Bertz CT molecular complexity index is 693. The van der Waals surface area contributed by atoms with E-state index in [0.29, 0.717) is 23.3 Å². The molecule has 3 N–H and O–H groups in total. The average Bonchev–Trinajstić information content (AvgIpc) is 3.22. The Balaban J connectivity index is 1.75. The maximum Gasteiger partial charge on any atom is 0.229 e. The summed E-state index contributed by atoms with van der Waals surface area (Å²) in [6.07, 6.45) is 10.1. The fraction of sp³-hybridized carbons (Fsp3) is 0.688. The van der Waals surface area contributed by atoms with E-state index >= 15 is 0 Å². The Kier molecular flexibility index (Phi) is 3.80. The first-order valence-corrected chi connectivity index (χ1v) is 8.65. The summed E-state index contributed by atoms with van der Waals surface area (Å²) in [7, 11) is 0. The van der Waals surface area contributed by atoms with Crippen LogP contribution in [0.1, 0.15) is 51.0 Å². The van der Waals surface area contributed by atoms with Gasteiger partial charge in [0, 0.05) is 12.6 Å². The smallest absolute Gasteiger partial charge is 0.229 e. The molecule has 1 aliphatic carbocycles. The number of rotatable bonds is 3. The molecule has 1 unspecified atom stereocenters. The number of nitrogen functional groups attached to an aromatic ring is 1. The molecule has 2 fully saturated rings. The summed E-state index contributed by atoms with van der Waals surface area (Å²) < 4.78 is 2.18. The van der Waals surface area contributed by atoms with Crippen LogP contribution < -0.4 is 10.6 Å². The number of hydrogen-bond donors (Lipinski definition) is 2. The highest BCUT2D eigenvalue weighted by Crippen LogP contribution is 2.32. The quantitative estimate of drug-likeness (QED) is 0.898. The summed E-state index contributed by atoms with van der Waals surface area (Å²) >= 11 is 0. The first-order chi connectivity index (χ1) is 11.3. The highest BCUT2D eigenvalue weighted by atomic mass is 16.3. The summed E-state index contributed by atoms with van der Waals surface area (Å²) in [6.45, 7) is 0.997. The van der Waals surface area contributed by atoms with E-state index in [-0.39, 0.29) is 12.6 Å². The summed E-state index contributed by atoms with van der Waals surface area (Å²) in [5, 5.41) is 9.55. The number of aromatic nitrogens is 4. The first kappa shape index (κ1) is 14.7. The number of aliphatic hydroxyl groups excluding tert-OH is 1. The number of anilines is 2. The van der Waals surface area contributed by atoms with E-state index in [1.165, 1.54) is 32.1 Å². The molecule has 0 aromatic carbocycles. The number of imidazole rings is 1. The second kappa shape index (κ2) is 5.96. The van der Waals surface area contributed by atoms with Gasteiger partial charge in [0.25, 0.3) is 0 Å². The Hall–Kier alpha value is -1.89. The second-order valence-electron chi connectivity index (χ2n) is 6.70. The van der Waals surface area contributed by atoms with Gasteiger partial charge in [0.15, 0.2) is 11.5 Å². The molecule has 7 nitrogen and oxygen atoms in total. The highest BCUT2D eigenvalue weighted by Gasteiger charge is 2.28. The van der Waals surface area contributed by atoms with Crippen LogP contribution in [0.4, 0.5) is 11.8 Å². The second-order valence-corrected chi connectivity index (χ2v) is 6.70. The fourth-order valence-electron chi connectivity index (χ4n) is 3.97. The van der Waals surface area contributed by atoms with E-state index in [9.17, 15) is 5.11 Å². The molecule has 0 amide bonds. The SMILES string of the molecule is Nc1nc(N2CCCC2CO)nc2c1ncn2C1CCCCC1. The van der Waals surface area contributed by atoms with Gasteiger partial charge in [-0.2, -0.15) is 9.97 Å². The van der Waals surface area contributed by atoms with E-state index in [1.807, 2.05) is 6.33 Å². The van der Waals surface area contributed by atoms with E-state index in [1.54, 1.807) is 0 Å². The van der Waals surface area contributed by atoms with Crippen LogP contribution >= 0.6 is 0 Å². The molecule has 0 spiro atoms.